The van der Waals surface area contributed by atoms with Crippen molar-refractivity contribution in [3.8, 4) is 11.5 Å². The Morgan fingerprint density at radius 2 is 2.14 bits per heavy atom. The van der Waals surface area contributed by atoms with E-state index in [-0.39, 0.29) is 11.2 Å². The first-order chi connectivity index (χ1) is 10.3. The largest absolute Gasteiger partial charge is 0.444 e. The van der Waals surface area contributed by atoms with Crippen LogP contribution >= 0.6 is 11.8 Å². The zero-order valence-electron chi connectivity index (χ0n) is 11.7. The van der Waals surface area contributed by atoms with Crippen LogP contribution < -0.4 is 5.32 Å². The van der Waals surface area contributed by atoms with E-state index in [1.807, 2.05) is 30.3 Å². The Labute approximate surface area is 128 Å². The molecule has 21 heavy (non-hydrogen) atoms. The molecule has 5 heteroatoms. The fourth-order valence-corrected chi connectivity index (χ4v) is 3.42. The van der Waals surface area contributed by atoms with Gasteiger partial charge >= 0.3 is 0 Å². The highest BCUT2D eigenvalue weighted by Crippen LogP contribution is 2.25. The van der Waals surface area contributed by atoms with Crippen LogP contribution in [0.2, 0.25) is 0 Å². The van der Waals surface area contributed by atoms with Crippen molar-refractivity contribution in [3.63, 3.8) is 0 Å². The van der Waals surface area contributed by atoms with E-state index in [0.717, 1.165) is 37.1 Å². The fraction of sp³-hybridized carbons (Fsp3) is 0.375. The van der Waals surface area contributed by atoms with Gasteiger partial charge in [0.2, 0.25) is 11.8 Å². The molecule has 0 saturated carbocycles. The van der Waals surface area contributed by atoms with Gasteiger partial charge in [0.1, 0.15) is 6.26 Å². The number of hydrogen-bond acceptors (Lipinski definition) is 4. The lowest BCUT2D eigenvalue weighted by molar-refractivity contribution is -0.120. The van der Waals surface area contributed by atoms with Crippen molar-refractivity contribution in [3.05, 3.63) is 42.3 Å². The Bertz CT molecular complexity index is 597. The predicted molar refractivity (Wildman–Crippen MR) is 83.9 cm³/mol. The Morgan fingerprint density at radius 3 is 3.00 bits per heavy atom. The zero-order chi connectivity index (χ0) is 14.5. The average Bonchev–Trinajstić information content (AvgIpc) is 2.90. The smallest absolute Gasteiger partial charge is 0.233 e. The summed E-state index contributed by atoms with van der Waals surface area (Å²) in [6.45, 7) is 0.804. The second-order valence-corrected chi connectivity index (χ2v) is 6.29. The van der Waals surface area contributed by atoms with E-state index in [2.05, 4.69) is 10.3 Å². The van der Waals surface area contributed by atoms with Crippen LogP contribution in [0.4, 0.5) is 0 Å². The van der Waals surface area contributed by atoms with Gasteiger partial charge in [-0.2, -0.15) is 0 Å². The topological polar surface area (TPSA) is 55.1 Å². The molecule has 1 saturated heterocycles. The van der Waals surface area contributed by atoms with Gasteiger partial charge in [-0.25, -0.2) is 4.98 Å². The third kappa shape index (κ3) is 3.67. The standard InChI is InChI=1S/C16H18N2O2S/c19-15-14(8-4-5-9-17-15)21-11-13-10-20-16(18-13)12-6-2-1-3-7-12/h1-3,6-7,10,14H,4-5,8-9,11H2,(H,17,19)/t14-/m0/s1. The van der Waals surface area contributed by atoms with Gasteiger partial charge in [-0.1, -0.05) is 24.6 Å². The Kier molecular flexibility index (Phi) is 4.60. The van der Waals surface area contributed by atoms with Crippen molar-refractivity contribution in [1.82, 2.24) is 10.3 Å². The number of benzene rings is 1. The maximum atomic E-state index is 11.9. The van der Waals surface area contributed by atoms with Crippen molar-refractivity contribution in [2.75, 3.05) is 6.54 Å². The van der Waals surface area contributed by atoms with Crippen molar-refractivity contribution in [1.29, 1.82) is 0 Å². The molecule has 1 aliphatic heterocycles. The summed E-state index contributed by atoms with van der Waals surface area (Å²) in [4.78, 5) is 16.4. The highest BCUT2D eigenvalue weighted by Gasteiger charge is 2.21. The molecule has 0 radical (unpaired) electrons. The third-order valence-electron chi connectivity index (χ3n) is 3.49. The summed E-state index contributed by atoms with van der Waals surface area (Å²) < 4.78 is 5.52. The SMILES string of the molecule is O=C1NCCCC[C@@H]1SCc1coc(-c2ccccc2)n1. The molecule has 110 valence electrons. The van der Waals surface area contributed by atoms with Crippen molar-refractivity contribution in [2.24, 2.45) is 0 Å². The monoisotopic (exact) mass is 302 g/mol. The molecule has 1 N–H and O–H groups in total. The van der Waals surface area contributed by atoms with Crippen LogP contribution in [0.25, 0.3) is 11.5 Å². The lowest BCUT2D eigenvalue weighted by atomic mass is 10.2. The number of aromatic nitrogens is 1. The van der Waals surface area contributed by atoms with Crippen LogP contribution in [0, 0.1) is 0 Å². The number of carbonyl (C=O) groups is 1. The quantitative estimate of drug-likeness (QED) is 0.942. The fourth-order valence-electron chi connectivity index (χ4n) is 2.34. The summed E-state index contributed by atoms with van der Waals surface area (Å²) in [5, 5.41) is 2.99. The molecule has 1 amide bonds. The van der Waals surface area contributed by atoms with E-state index in [9.17, 15) is 4.79 Å². The lowest BCUT2D eigenvalue weighted by Crippen LogP contribution is -2.30. The first-order valence-corrected chi connectivity index (χ1v) is 8.27. The molecule has 1 aromatic carbocycles. The van der Waals surface area contributed by atoms with E-state index < -0.39 is 0 Å². The van der Waals surface area contributed by atoms with E-state index in [1.165, 1.54) is 0 Å². The zero-order valence-corrected chi connectivity index (χ0v) is 12.6. The summed E-state index contributed by atoms with van der Waals surface area (Å²) in [6, 6.07) is 9.84. The number of amides is 1. The van der Waals surface area contributed by atoms with E-state index in [0.29, 0.717) is 11.6 Å². The molecular formula is C16H18N2O2S. The van der Waals surface area contributed by atoms with Crippen molar-refractivity contribution in [2.45, 2.75) is 30.3 Å². The number of carbonyl (C=O) groups excluding carboxylic acids is 1. The van der Waals surface area contributed by atoms with Gasteiger partial charge in [0.15, 0.2) is 0 Å². The van der Waals surface area contributed by atoms with Gasteiger partial charge in [-0.3, -0.25) is 4.79 Å². The van der Waals surface area contributed by atoms with E-state index >= 15 is 0 Å². The maximum Gasteiger partial charge on any atom is 0.233 e. The van der Waals surface area contributed by atoms with E-state index in [4.69, 9.17) is 4.42 Å². The molecule has 1 aliphatic rings. The molecule has 0 bridgehead atoms. The lowest BCUT2D eigenvalue weighted by Gasteiger charge is -2.11. The summed E-state index contributed by atoms with van der Waals surface area (Å²) in [5.74, 6) is 1.50. The normalized spacial score (nSPS) is 19.0. The van der Waals surface area contributed by atoms with Crippen LogP contribution in [-0.2, 0) is 10.5 Å². The Morgan fingerprint density at radius 1 is 1.29 bits per heavy atom. The minimum Gasteiger partial charge on any atom is -0.444 e. The minimum atomic E-state index is 0.0318. The van der Waals surface area contributed by atoms with Crippen molar-refractivity contribution >= 4 is 17.7 Å². The molecular weight excluding hydrogens is 284 g/mol. The first-order valence-electron chi connectivity index (χ1n) is 7.22. The number of nitrogens with zero attached hydrogens (tertiary/aromatic N) is 1. The second kappa shape index (κ2) is 6.80. The van der Waals surface area contributed by atoms with Crippen molar-refractivity contribution < 1.29 is 9.21 Å². The third-order valence-corrected chi connectivity index (χ3v) is 4.80. The molecule has 1 atom stereocenters. The number of nitrogens with one attached hydrogen (secondary N) is 1. The van der Waals surface area contributed by atoms with Gasteiger partial charge in [-0.15, -0.1) is 11.8 Å². The molecule has 0 spiro atoms. The minimum absolute atomic E-state index is 0.0318. The summed E-state index contributed by atoms with van der Waals surface area (Å²) >= 11 is 1.65. The highest BCUT2D eigenvalue weighted by atomic mass is 32.2. The van der Waals surface area contributed by atoms with Gasteiger partial charge in [0.25, 0.3) is 0 Å². The average molecular weight is 302 g/mol. The van der Waals surface area contributed by atoms with E-state index in [1.54, 1.807) is 18.0 Å². The van der Waals surface area contributed by atoms with Gasteiger partial charge in [0, 0.05) is 17.9 Å². The molecule has 2 heterocycles. The summed E-state index contributed by atoms with van der Waals surface area (Å²) in [7, 11) is 0. The summed E-state index contributed by atoms with van der Waals surface area (Å²) in [5.41, 5.74) is 1.86. The second-order valence-electron chi connectivity index (χ2n) is 5.10. The van der Waals surface area contributed by atoms with Crippen LogP contribution in [0.5, 0.6) is 0 Å². The Hall–Kier alpha value is -1.75. The van der Waals surface area contributed by atoms with Crippen LogP contribution in [0.3, 0.4) is 0 Å². The maximum absolute atomic E-state index is 11.9. The van der Waals surface area contributed by atoms with Gasteiger partial charge < -0.3 is 9.73 Å². The van der Waals surface area contributed by atoms with Crippen LogP contribution in [0.1, 0.15) is 25.0 Å². The van der Waals surface area contributed by atoms with Gasteiger partial charge in [-0.05, 0) is 25.0 Å². The molecule has 0 aliphatic carbocycles. The highest BCUT2D eigenvalue weighted by molar-refractivity contribution is 7.99. The number of hydrogen-bond donors (Lipinski definition) is 1. The number of thioether (sulfide) groups is 1. The molecule has 1 aromatic heterocycles. The molecule has 0 unspecified atom stereocenters. The van der Waals surface area contributed by atoms with Crippen LogP contribution in [-0.4, -0.2) is 22.7 Å². The Balaban J connectivity index is 1.61. The number of rotatable bonds is 4. The summed E-state index contributed by atoms with van der Waals surface area (Å²) in [6.07, 6.45) is 4.80. The molecule has 4 nitrogen and oxygen atoms in total. The predicted octanol–water partition coefficient (Wildman–Crippen LogP) is 3.24. The molecule has 3 rings (SSSR count). The first kappa shape index (κ1) is 14.2. The van der Waals surface area contributed by atoms with Gasteiger partial charge in [0.05, 0.1) is 10.9 Å². The number of oxazole rings is 1. The van der Waals surface area contributed by atoms with Crippen LogP contribution in [0.15, 0.2) is 41.0 Å². The molecule has 2 aromatic rings. The molecule has 1 fully saturated rings.